The van der Waals surface area contributed by atoms with E-state index >= 15 is 0 Å². The van der Waals surface area contributed by atoms with Crippen LogP contribution in [0, 0.1) is 11.8 Å². The van der Waals surface area contributed by atoms with Crippen molar-refractivity contribution >= 4 is 0 Å². The Bertz CT molecular complexity index is 281. The highest BCUT2D eigenvalue weighted by Gasteiger charge is 2.04. The van der Waals surface area contributed by atoms with Crippen LogP contribution in [0.25, 0.3) is 0 Å². The van der Waals surface area contributed by atoms with E-state index in [0.29, 0.717) is 0 Å². The molecule has 0 radical (unpaired) electrons. The van der Waals surface area contributed by atoms with Crippen molar-refractivity contribution in [2.45, 2.75) is 157 Å². The smallest absolute Gasteiger partial charge is 0.00187 e. The van der Waals surface area contributed by atoms with Gasteiger partial charge in [0.15, 0.2) is 0 Å². The fourth-order valence-corrected chi connectivity index (χ4v) is 4.55. The second kappa shape index (κ2) is 23.6. The molecule has 1 heteroatoms. The Labute approximate surface area is 193 Å². The first-order valence-electron chi connectivity index (χ1n) is 14.3. The van der Waals surface area contributed by atoms with E-state index in [1.807, 2.05) is 0 Å². The van der Waals surface area contributed by atoms with E-state index in [0.717, 1.165) is 11.8 Å². The van der Waals surface area contributed by atoms with E-state index in [2.05, 4.69) is 39.5 Å². The van der Waals surface area contributed by atoms with Crippen molar-refractivity contribution in [3.63, 3.8) is 0 Å². The Kier molecular flexibility index (Phi) is 23.6. The maximum atomic E-state index is 2.75. The predicted octanol–water partition coefficient (Wildman–Crippen LogP) is 10.0. The molecule has 0 aliphatic heterocycles. The lowest BCUT2D eigenvalue weighted by atomic mass is 10.0. The van der Waals surface area contributed by atoms with Crippen molar-refractivity contribution in [2.75, 3.05) is 19.6 Å². The molecule has 0 heterocycles. The minimum atomic E-state index is 0.889. The second-order valence-corrected chi connectivity index (χ2v) is 10.9. The molecule has 0 rings (SSSR count). The number of hydrogen-bond donors (Lipinski definition) is 0. The van der Waals surface area contributed by atoms with Crippen molar-refractivity contribution < 1.29 is 0 Å². The summed E-state index contributed by atoms with van der Waals surface area (Å²) in [6.07, 6.45) is 27.4. The van der Waals surface area contributed by atoms with Crippen molar-refractivity contribution in [2.24, 2.45) is 11.8 Å². The average Bonchev–Trinajstić information content (AvgIpc) is 2.70. The van der Waals surface area contributed by atoms with Gasteiger partial charge in [0.1, 0.15) is 0 Å². The van der Waals surface area contributed by atoms with Crippen LogP contribution in [0.15, 0.2) is 0 Å². The lowest BCUT2D eigenvalue weighted by Gasteiger charge is -2.21. The molecule has 0 amide bonds. The van der Waals surface area contributed by atoms with Crippen LogP contribution < -0.4 is 0 Å². The summed E-state index contributed by atoms with van der Waals surface area (Å²) >= 11 is 0. The van der Waals surface area contributed by atoms with Crippen LogP contribution in [-0.4, -0.2) is 24.5 Å². The molecule has 0 unspecified atom stereocenters. The summed E-state index contributed by atoms with van der Waals surface area (Å²) in [6.45, 7) is 15.7. The Morgan fingerprint density at radius 1 is 0.400 bits per heavy atom. The first kappa shape index (κ1) is 30.0. The largest absolute Gasteiger partial charge is 0.303 e. The third kappa shape index (κ3) is 24.2. The molecular formula is C29H61N. The first-order chi connectivity index (χ1) is 14.6. The predicted molar refractivity (Wildman–Crippen MR) is 140 cm³/mol. The summed E-state index contributed by atoms with van der Waals surface area (Å²) in [4.78, 5) is 2.75. The molecule has 0 fully saturated rings. The van der Waals surface area contributed by atoms with E-state index in [1.165, 1.54) is 142 Å². The maximum absolute atomic E-state index is 2.75. The molecular weight excluding hydrogens is 362 g/mol. The molecule has 0 atom stereocenters. The SMILES string of the molecule is CCCN(CCCCCCCCCCC(C)C)CCCCCCCCCCC(C)C. The fraction of sp³-hybridized carbons (Fsp3) is 1.00. The third-order valence-corrected chi connectivity index (χ3v) is 6.55. The normalized spacial score (nSPS) is 12.0. The molecule has 30 heavy (non-hydrogen) atoms. The molecule has 0 saturated carbocycles. The van der Waals surface area contributed by atoms with E-state index in [1.54, 1.807) is 0 Å². The van der Waals surface area contributed by atoms with Gasteiger partial charge in [-0.05, 0) is 50.7 Å². The molecule has 0 aromatic rings. The summed E-state index contributed by atoms with van der Waals surface area (Å²) in [5.41, 5.74) is 0. The molecule has 0 bridgehead atoms. The van der Waals surface area contributed by atoms with Gasteiger partial charge in [-0.25, -0.2) is 0 Å². The Balaban J connectivity index is 3.44. The van der Waals surface area contributed by atoms with E-state index in [4.69, 9.17) is 0 Å². The summed E-state index contributed by atoms with van der Waals surface area (Å²) in [5.74, 6) is 1.78. The van der Waals surface area contributed by atoms with Gasteiger partial charge in [-0.1, -0.05) is 137 Å². The molecule has 0 saturated heterocycles. The minimum absolute atomic E-state index is 0.889. The lowest BCUT2D eigenvalue weighted by Crippen LogP contribution is -2.27. The Hall–Kier alpha value is -0.0400. The van der Waals surface area contributed by atoms with Gasteiger partial charge < -0.3 is 4.90 Å². The van der Waals surface area contributed by atoms with Gasteiger partial charge in [-0.15, -0.1) is 0 Å². The molecule has 1 nitrogen and oxygen atoms in total. The Morgan fingerprint density at radius 2 is 0.700 bits per heavy atom. The highest BCUT2D eigenvalue weighted by atomic mass is 15.1. The molecule has 0 aliphatic carbocycles. The highest BCUT2D eigenvalue weighted by Crippen LogP contribution is 2.14. The zero-order chi connectivity index (χ0) is 22.3. The molecule has 0 aromatic heterocycles. The number of rotatable bonds is 24. The highest BCUT2D eigenvalue weighted by molar-refractivity contribution is 4.59. The molecule has 0 N–H and O–H groups in total. The van der Waals surface area contributed by atoms with Gasteiger partial charge >= 0.3 is 0 Å². The summed E-state index contributed by atoms with van der Waals surface area (Å²) in [6, 6.07) is 0. The van der Waals surface area contributed by atoms with Crippen LogP contribution >= 0.6 is 0 Å². The fourth-order valence-electron chi connectivity index (χ4n) is 4.55. The third-order valence-electron chi connectivity index (χ3n) is 6.55. The van der Waals surface area contributed by atoms with Gasteiger partial charge in [0, 0.05) is 0 Å². The maximum Gasteiger partial charge on any atom is -0.00187 e. The van der Waals surface area contributed by atoms with E-state index < -0.39 is 0 Å². The van der Waals surface area contributed by atoms with Crippen LogP contribution in [-0.2, 0) is 0 Å². The van der Waals surface area contributed by atoms with Gasteiger partial charge in [0.05, 0.1) is 0 Å². The van der Waals surface area contributed by atoms with Gasteiger partial charge in [-0.3, -0.25) is 0 Å². The second-order valence-electron chi connectivity index (χ2n) is 10.9. The van der Waals surface area contributed by atoms with E-state index in [-0.39, 0.29) is 0 Å². The number of nitrogens with zero attached hydrogens (tertiary/aromatic N) is 1. The summed E-state index contributed by atoms with van der Waals surface area (Å²) < 4.78 is 0. The topological polar surface area (TPSA) is 3.24 Å². The van der Waals surface area contributed by atoms with Crippen molar-refractivity contribution in [3.8, 4) is 0 Å². The van der Waals surface area contributed by atoms with Crippen molar-refractivity contribution in [3.05, 3.63) is 0 Å². The standard InChI is InChI=1S/C29H61N/c1-6-25-30(26-21-17-13-9-7-11-15-19-23-28(2)3)27-22-18-14-10-8-12-16-20-24-29(4)5/h28-29H,6-27H2,1-5H3. The monoisotopic (exact) mass is 423 g/mol. The van der Waals surface area contributed by atoms with Crippen LogP contribution in [0.4, 0.5) is 0 Å². The first-order valence-corrected chi connectivity index (χ1v) is 14.3. The summed E-state index contributed by atoms with van der Waals surface area (Å²) in [7, 11) is 0. The van der Waals surface area contributed by atoms with Crippen LogP contribution in [0.3, 0.4) is 0 Å². The minimum Gasteiger partial charge on any atom is -0.303 e. The van der Waals surface area contributed by atoms with Crippen LogP contribution in [0.1, 0.15) is 157 Å². The Morgan fingerprint density at radius 3 is 1.00 bits per heavy atom. The molecule has 182 valence electrons. The quantitative estimate of drug-likeness (QED) is 0.140. The zero-order valence-electron chi connectivity index (χ0n) is 22.2. The molecule has 0 aromatic carbocycles. The van der Waals surface area contributed by atoms with Crippen LogP contribution in [0.5, 0.6) is 0 Å². The van der Waals surface area contributed by atoms with Crippen LogP contribution in [0.2, 0.25) is 0 Å². The average molecular weight is 424 g/mol. The zero-order valence-corrected chi connectivity index (χ0v) is 22.2. The molecule has 0 spiro atoms. The summed E-state index contributed by atoms with van der Waals surface area (Å²) in [5, 5.41) is 0. The van der Waals surface area contributed by atoms with Crippen molar-refractivity contribution in [1.82, 2.24) is 4.90 Å². The van der Waals surface area contributed by atoms with Crippen molar-refractivity contribution in [1.29, 1.82) is 0 Å². The van der Waals surface area contributed by atoms with E-state index in [9.17, 15) is 0 Å². The van der Waals surface area contributed by atoms with Gasteiger partial charge in [0.25, 0.3) is 0 Å². The molecule has 0 aliphatic rings. The lowest BCUT2D eigenvalue weighted by molar-refractivity contribution is 0.260. The number of unbranched alkanes of at least 4 members (excludes halogenated alkanes) is 14. The number of hydrogen-bond acceptors (Lipinski definition) is 1. The van der Waals surface area contributed by atoms with Gasteiger partial charge in [-0.2, -0.15) is 0 Å². The van der Waals surface area contributed by atoms with Gasteiger partial charge in [0.2, 0.25) is 0 Å².